The van der Waals surface area contributed by atoms with E-state index in [2.05, 4.69) is 0 Å². The minimum Gasteiger partial charge on any atom is -0.462 e. The van der Waals surface area contributed by atoms with Crippen molar-refractivity contribution in [3.8, 4) is 11.8 Å². The van der Waals surface area contributed by atoms with Crippen LogP contribution in [0.1, 0.15) is 0 Å². The Balaban J connectivity index is 4.01. The first-order chi connectivity index (χ1) is 3.06. The highest BCUT2D eigenvalue weighted by molar-refractivity contribution is 7.57. The Kier molecular flexibility index (Phi) is 1.85. The lowest BCUT2D eigenvalue weighted by molar-refractivity contribution is 0.388. The molecule has 0 saturated carbocycles. The Hall–Kier alpha value is -0.490. The first kappa shape index (κ1) is 6.51. The van der Waals surface area contributed by atoms with E-state index >= 15 is 0 Å². The lowest BCUT2D eigenvalue weighted by Crippen LogP contribution is -1.67. The Morgan fingerprint density at radius 3 is 1.86 bits per heavy atom. The first-order valence-electron chi connectivity index (χ1n) is 1.28. The lowest BCUT2D eigenvalue weighted by atomic mass is 11.3. The Bertz CT molecular complexity index is 145. The standard InChI is InChI=1S/C2H3O4P/c3-1-2-7(4,5)6/h3H,(H2,4,5,6). The van der Waals surface area contributed by atoms with Gasteiger partial charge in [-0.1, -0.05) is 0 Å². The van der Waals surface area contributed by atoms with Gasteiger partial charge in [0.1, 0.15) is 6.11 Å². The molecule has 0 aliphatic heterocycles. The number of rotatable bonds is 0. The Morgan fingerprint density at radius 2 is 1.86 bits per heavy atom. The van der Waals surface area contributed by atoms with E-state index in [1.54, 1.807) is 0 Å². The maximum absolute atomic E-state index is 9.59. The highest BCUT2D eigenvalue weighted by Crippen LogP contribution is 2.31. The van der Waals surface area contributed by atoms with E-state index in [9.17, 15) is 4.57 Å². The van der Waals surface area contributed by atoms with Crippen LogP contribution in [0.3, 0.4) is 0 Å². The average Bonchev–Trinajstić information content (AvgIpc) is 1.30. The second-order valence-corrected chi connectivity index (χ2v) is 2.08. The molecule has 0 saturated heterocycles. The summed E-state index contributed by atoms with van der Waals surface area (Å²) in [5.41, 5.74) is 1.26. The van der Waals surface area contributed by atoms with Crippen molar-refractivity contribution in [3.05, 3.63) is 0 Å². The fourth-order valence-corrected chi connectivity index (χ4v) is 0.195. The van der Waals surface area contributed by atoms with Crippen molar-refractivity contribution in [2.45, 2.75) is 0 Å². The quantitative estimate of drug-likeness (QED) is 0.297. The summed E-state index contributed by atoms with van der Waals surface area (Å²) in [6, 6.07) is 0. The summed E-state index contributed by atoms with van der Waals surface area (Å²) in [6.07, 6.45) is 1.09. The van der Waals surface area contributed by atoms with Crippen molar-refractivity contribution in [2.75, 3.05) is 0 Å². The van der Waals surface area contributed by atoms with Gasteiger partial charge in [-0.25, -0.2) is 4.57 Å². The van der Waals surface area contributed by atoms with Crippen LogP contribution in [0.5, 0.6) is 0 Å². The van der Waals surface area contributed by atoms with Gasteiger partial charge in [0.05, 0.1) is 5.66 Å². The number of aliphatic hydroxyl groups is 1. The van der Waals surface area contributed by atoms with Crippen LogP contribution in [0.2, 0.25) is 0 Å². The topological polar surface area (TPSA) is 77.8 Å². The van der Waals surface area contributed by atoms with Gasteiger partial charge in [0.2, 0.25) is 0 Å². The normalized spacial score (nSPS) is 9.43. The van der Waals surface area contributed by atoms with E-state index in [0.717, 1.165) is 6.11 Å². The second kappa shape index (κ2) is 1.99. The molecule has 0 atom stereocenters. The predicted octanol–water partition coefficient (Wildman–Crippen LogP) is -0.545. The molecule has 0 rings (SSSR count). The van der Waals surface area contributed by atoms with Crippen LogP contribution in [0.15, 0.2) is 0 Å². The average molecular weight is 122 g/mol. The van der Waals surface area contributed by atoms with Gasteiger partial charge in [-0.3, -0.25) is 0 Å². The van der Waals surface area contributed by atoms with E-state index in [1.807, 2.05) is 0 Å². The van der Waals surface area contributed by atoms with Gasteiger partial charge in [0, 0.05) is 0 Å². The second-order valence-electron chi connectivity index (χ2n) is 0.768. The maximum Gasteiger partial charge on any atom is 0.403 e. The van der Waals surface area contributed by atoms with Gasteiger partial charge in [-0.15, -0.1) is 0 Å². The summed E-state index contributed by atoms with van der Waals surface area (Å²) < 4.78 is 9.59. The van der Waals surface area contributed by atoms with Crippen molar-refractivity contribution in [1.82, 2.24) is 0 Å². The SMILES string of the molecule is O=P(O)(O)C#CO. The van der Waals surface area contributed by atoms with Crippen molar-refractivity contribution < 1.29 is 19.5 Å². The molecule has 0 aromatic rings. The van der Waals surface area contributed by atoms with Crippen LogP contribution in [0, 0.1) is 11.8 Å². The number of hydrogen-bond acceptors (Lipinski definition) is 2. The molecule has 0 unspecified atom stereocenters. The molecule has 5 heteroatoms. The highest BCUT2D eigenvalue weighted by Gasteiger charge is 2.04. The largest absolute Gasteiger partial charge is 0.462 e. The van der Waals surface area contributed by atoms with Crippen LogP contribution >= 0.6 is 7.60 Å². The lowest BCUT2D eigenvalue weighted by Gasteiger charge is -1.84. The van der Waals surface area contributed by atoms with Gasteiger partial charge in [0.25, 0.3) is 0 Å². The fraction of sp³-hybridized carbons (Fsp3) is 0. The molecule has 0 aliphatic rings. The first-order valence-corrected chi connectivity index (χ1v) is 2.89. The molecule has 0 fully saturated rings. The summed E-state index contributed by atoms with van der Waals surface area (Å²) in [6.45, 7) is 0. The van der Waals surface area contributed by atoms with Gasteiger partial charge >= 0.3 is 7.60 Å². The van der Waals surface area contributed by atoms with Crippen molar-refractivity contribution in [3.63, 3.8) is 0 Å². The molecular formula is C2H3O4P. The molecule has 3 N–H and O–H groups in total. The maximum atomic E-state index is 9.59. The van der Waals surface area contributed by atoms with Gasteiger partial charge in [-0.2, -0.15) is 0 Å². The van der Waals surface area contributed by atoms with Crippen LogP contribution in [0.25, 0.3) is 0 Å². The molecule has 0 amide bonds. The summed E-state index contributed by atoms with van der Waals surface area (Å²) in [7, 11) is -4.28. The minimum atomic E-state index is -4.28. The third-order valence-electron chi connectivity index (χ3n) is 0.196. The molecule has 0 spiro atoms. The Morgan fingerprint density at radius 1 is 1.43 bits per heavy atom. The van der Waals surface area contributed by atoms with Crippen molar-refractivity contribution in [2.24, 2.45) is 0 Å². The van der Waals surface area contributed by atoms with E-state index in [4.69, 9.17) is 14.9 Å². The summed E-state index contributed by atoms with van der Waals surface area (Å²) >= 11 is 0. The number of hydrogen-bond donors (Lipinski definition) is 3. The highest BCUT2D eigenvalue weighted by atomic mass is 31.2. The van der Waals surface area contributed by atoms with Crippen LogP contribution < -0.4 is 0 Å². The smallest absolute Gasteiger partial charge is 0.403 e. The zero-order valence-corrected chi connectivity index (χ0v) is 4.09. The van der Waals surface area contributed by atoms with Gasteiger partial charge in [0.15, 0.2) is 0 Å². The summed E-state index contributed by atoms with van der Waals surface area (Å²) in [4.78, 5) is 15.6. The molecule has 0 aromatic heterocycles. The third kappa shape index (κ3) is 5.51. The molecule has 7 heavy (non-hydrogen) atoms. The van der Waals surface area contributed by atoms with Crippen LogP contribution in [-0.4, -0.2) is 14.9 Å². The van der Waals surface area contributed by atoms with Gasteiger partial charge in [-0.05, 0) is 0 Å². The zero-order chi connectivity index (χ0) is 5.91. The van der Waals surface area contributed by atoms with Crippen LogP contribution in [0.4, 0.5) is 0 Å². The van der Waals surface area contributed by atoms with E-state index in [1.165, 1.54) is 5.66 Å². The van der Waals surface area contributed by atoms with Crippen molar-refractivity contribution >= 4 is 7.60 Å². The molecule has 0 radical (unpaired) electrons. The molecule has 0 aromatic carbocycles. The Labute approximate surface area is 39.9 Å². The van der Waals surface area contributed by atoms with Crippen molar-refractivity contribution in [1.29, 1.82) is 0 Å². The molecule has 0 heterocycles. The predicted molar refractivity (Wildman–Crippen MR) is 21.8 cm³/mol. The molecule has 0 bridgehead atoms. The van der Waals surface area contributed by atoms with E-state index in [0.29, 0.717) is 0 Å². The number of aliphatic hydroxyl groups excluding tert-OH is 1. The third-order valence-corrected chi connectivity index (χ3v) is 0.587. The molecule has 0 aliphatic carbocycles. The van der Waals surface area contributed by atoms with E-state index in [-0.39, 0.29) is 0 Å². The molecule has 40 valence electrons. The summed E-state index contributed by atoms with van der Waals surface area (Å²) in [5, 5.41) is 7.55. The minimum absolute atomic E-state index is 1.09. The van der Waals surface area contributed by atoms with E-state index < -0.39 is 7.60 Å². The molecule has 4 nitrogen and oxygen atoms in total. The zero-order valence-electron chi connectivity index (χ0n) is 3.20. The van der Waals surface area contributed by atoms with Crippen LogP contribution in [-0.2, 0) is 4.57 Å². The van der Waals surface area contributed by atoms with Gasteiger partial charge < -0.3 is 14.9 Å². The summed E-state index contributed by atoms with van der Waals surface area (Å²) in [5.74, 6) is 0. The monoisotopic (exact) mass is 122 g/mol. The molecular weight excluding hydrogens is 119 g/mol. The fourth-order valence-electron chi connectivity index (χ4n) is 0.0651.